The van der Waals surface area contributed by atoms with Gasteiger partial charge in [0.15, 0.2) is 0 Å². The van der Waals surface area contributed by atoms with Gasteiger partial charge in [0.05, 0.1) is 5.70 Å². The van der Waals surface area contributed by atoms with Crippen LogP contribution in [0.15, 0.2) is 66.3 Å². The highest BCUT2D eigenvalue weighted by atomic mass is 16.2. The fourth-order valence-corrected chi connectivity index (χ4v) is 5.35. The normalized spacial score (nSPS) is 17.4. The Morgan fingerprint density at radius 1 is 1.02 bits per heavy atom. The molecule has 1 amide bonds. The zero-order valence-electron chi connectivity index (χ0n) is 26.1. The molecule has 0 atom stereocenters. The molecule has 0 bridgehead atoms. The lowest BCUT2D eigenvalue weighted by molar-refractivity contribution is -0.118. The van der Waals surface area contributed by atoms with E-state index in [1.165, 1.54) is 50.0 Å². The molecular formula is C33H54N6O2. The van der Waals surface area contributed by atoms with Gasteiger partial charge in [-0.25, -0.2) is 5.84 Å². The van der Waals surface area contributed by atoms with Gasteiger partial charge in [-0.2, -0.15) is 0 Å². The zero-order chi connectivity index (χ0) is 30.6. The molecule has 2 aliphatic rings. The number of hydrogen-bond donors (Lipinski definition) is 3. The van der Waals surface area contributed by atoms with Crippen LogP contribution in [-0.4, -0.2) is 67.3 Å². The van der Waals surface area contributed by atoms with Crippen molar-refractivity contribution in [2.45, 2.75) is 65.7 Å². The molecule has 1 saturated carbocycles. The van der Waals surface area contributed by atoms with Gasteiger partial charge in [0.25, 0.3) is 5.91 Å². The molecule has 1 aliphatic carbocycles. The van der Waals surface area contributed by atoms with Crippen molar-refractivity contribution in [1.82, 2.24) is 20.1 Å². The van der Waals surface area contributed by atoms with Crippen molar-refractivity contribution >= 4 is 12.2 Å². The number of amides is 1. The largest absolute Gasteiger partial charge is 0.397 e. The number of piperidine rings is 1. The van der Waals surface area contributed by atoms with Crippen LogP contribution in [0.25, 0.3) is 0 Å². The first kappa shape index (κ1) is 34.1. The monoisotopic (exact) mass is 566 g/mol. The maximum Gasteiger partial charge on any atom is 0.276 e. The third-order valence-electron chi connectivity index (χ3n) is 8.15. The van der Waals surface area contributed by atoms with Gasteiger partial charge in [-0.05, 0) is 68.6 Å². The molecule has 1 aromatic rings. The first-order valence-corrected chi connectivity index (χ1v) is 14.9. The van der Waals surface area contributed by atoms with Gasteiger partial charge in [0.1, 0.15) is 17.8 Å². The molecule has 3 rings (SSSR count). The number of carbonyl (C=O) groups excluding carboxylic acids is 2. The third kappa shape index (κ3) is 11.4. The molecule has 1 aliphatic heterocycles. The standard InChI is InChI=1S/C26H48N6O.C7H6O/c1-19(26(3,4)5)23(27)24(31(7)28)25(33)29-20(2)32(17-21-11-9-8-10-12-21)18-22-13-15-30(6)16-14-22;8-6-7-4-2-1-3-5-7/h21-22H,1-2,8-18,27-28H2,3-7H3,(H,29,33);1-6H/b24-23+;. The minimum Gasteiger partial charge on any atom is -0.397 e. The minimum absolute atomic E-state index is 0.216. The second-order valence-electron chi connectivity index (χ2n) is 12.7. The second-order valence-corrected chi connectivity index (χ2v) is 12.7. The lowest BCUT2D eigenvalue weighted by Gasteiger charge is -2.37. The van der Waals surface area contributed by atoms with Gasteiger partial charge < -0.3 is 25.9 Å². The molecule has 1 heterocycles. The molecule has 8 heteroatoms. The Hall–Kier alpha value is -3.10. The van der Waals surface area contributed by atoms with Crippen LogP contribution in [0.1, 0.15) is 76.1 Å². The fraction of sp³-hybridized carbons (Fsp3) is 0.576. The topological polar surface area (TPSA) is 108 Å². The first-order chi connectivity index (χ1) is 19.3. The van der Waals surface area contributed by atoms with Crippen LogP contribution in [0.3, 0.4) is 0 Å². The van der Waals surface area contributed by atoms with Crippen LogP contribution in [0, 0.1) is 17.3 Å². The van der Waals surface area contributed by atoms with Crippen LogP contribution < -0.4 is 16.9 Å². The maximum absolute atomic E-state index is 13.3. The SMILES string of the molecule is C=C(NC(=O)/C(=C(\N)C(=C)C(C)(C)C)N(C)N)N(CC1CCCCC1)CC1CCN(C)CC1.O=Cc1ccccc1. The minimum atomic E-state index is -0.343. The quantitative estimate of drug-likeness (QED) is 0.122. The summed E-state index contributed by atoms with van der Waals surface area (Å²) in [4.78, 5) is 28.0. The average Bonchev–Trinajstić information content (AvgIpc) is 2.94. The number of aldehydes is 1. The van der Waals surface area contributed by atoms with E-state index in [0.29, 0.717) is 28.9 Å². The smallest absolute Gasteiger partial charge is 0.276 e. The molecular weight excluding hydrogens is 512 g/mol. The number of carbonyl (C=O) groups is 2. The Morgan fingerprint density at radius 3 is 2.02 bits per heavy atom. The highest BCUT2D eigenvalue weighted by Gasteiger charge is 2.27. The van der Waals surface area contributed by atoms with E-state index >= 15 is 0 Å². The van der Waals surface area contributed by atoms with Gasteiger partial charge in [-0.3, -0.25) is 9.59 Å². The molecule has 1 aromatic carbocycles. The summed E-state index contributed by atoms with van der Waals surface area (Å²) in [5, 5.41) is 4.29. The maximum atomic E-state index is 13.3. The first-order valence-electron chi connectivity index (χ1n) is 14.9. The number of hydrogen-bond acceptors (Lipinski definition) is 7. The number of nitrogens with zero attached hydrogens (tertiary/aromatic N) is 3. The van der Waals surface area contributed by atoms with Crippen molar-refractivity contribution in [2.24, 2.45) is 28.8 Å². The highest BCUT2D eigenvalue weighted by Crippen LogP contribution is 2.30. The number of benzene rings is 1. The van der Waals surface area contributed by atoms with Gasteiger partial charge in [-0.1, -0.05) is 83.5 Å². The summed E-state index contributed by atoms with van der Waals surface area (Å²) in [6, 6.07) is 9.10. The number of likely N-dealkylation sites (N-methyl/N-ethyl adjacent to an activating group) is 1. The number of hydrazine groups is 1. The lowest BCUT2D eigenvalue weighted by Crippen LogP contribution is -2.45. The van der Waals surface area contributed by atoms with Crippen molar-refractivity contribution in [3.05, 3.63) is 71.8 Å². The van der Waals surface area contributed by atoms with Gasteiger partial charge in [0, 0.05) is 25.7 Å². The predicted octanol–water partition coefficient (Wildman–Crippen LogP) is 4.88. The Morgan fingerprint density at radius 2 is 1.56 bits per heavy atom. The van der Waals surface area contributed by atoms with Crippen molar-refractivity contribution in [2.75, 3.05) is 40.3 Å². The Kier molecular flexibility index (Phi) is 13.6. The summed E-state index contributed by atoms with van der Waals surface area (Å²) in [7, 11) is 3.81. The summed E-state index contributed by atoms with van der Waals surface area (Å²) >= 11 is 0. The average molecular weight is 567 g/mol. The molecule has 0 radical (unpaired) electrons. The van der Waals surface area contributed by atoms with Crippen LogP contribution in [0.5, 0.6) is 0 Å². The molecule has 5 N–H and O–H groups in total. The number of likely N-dealkylation sites (tertiary alicyclic amines) is 1. The fourth-order valence-electron chi connectivity index (χ4n) is 5.35. The van der Waals surface area contributed by atoms with E-state index in [-0.39, 0.29) is 17.0 Å². The summed E-state index contributed by atoms with van der Waals surface area (Å²) < 4.78 is 0. The summed E-state index contributed by atoms with van der Waals surface area (Å²) in [6.07, 6.45) is 9.60. The molecule has 0 unspecified atom stereocenters. The van der Waals surface area contributed by atoms with Crippen molar-refractivity contribution in [3.63, 3.8) is 0 Å². The molecule has 8 nitrogen and oxygen atoms in total. The van der Waals surface area contributed by atoms with Crippen molar-refractivity contribution in [1.29, 1.82) is 0 Å². The number of nitrogens with two attached hydrogens (primary N) is 2. The van der Waals surface area contributed by atoms with Crippen LogP contribution in [0.2, 0.25) is 0 Å². The Balaban J connectivity index is 0.000000629. The summed E-state index contributed by atoms with van der Waals surface area (Å²) in [5.41, 5.74) is 8.03. The van der Waals surface area contributed by atoms with E-state index in [0.717, 1.165) is 38.0 Å². The molecule has 2 fully saturated rings. The second kappa shape index (κ2) is 16.4. The number of nitrogens with one attached hydrogen (secondary N) is 1. The molecule has 228 valence electrons. The molecule has 41 heavy (non-hydrogen) atoms. The van der Waals surface area contributed by atoms with Crippen LogP contribution >= 0.6 is 0 Å². The van der Waals surface area contributed by atoms with E-state index in [1.54, 1.807) is 19.2 Å². The van der Waals surface area contributed by atoms with Gasteiger partial charge in [-0.15, -0.1) is 0 Å². The number of rotatable bonds is 10. The zero-order valence-corrected chi connectivity index (χ0v) is 26.1. The van der Waals surface area contributed by atoms with Crippen LogP contribution in [0.4, 0.5) is 0 Å². The van der Waals surface area contributed by atoms with Gasteiger partial charge in [0.2, 0.25) is 0 Å². The lowest BCUT2D eigenvalue weighted by atomic mass is 9.85. The Bertz CT molecular complexity index is 1030. The van der Waals surface area contributed by atoms with E-state index < -0.39 is 0 Å². The van der Waals surface area contributed by atoms with Crippen molar-refractivity contribution < 1.29 is 9.59 Å². The summed E-state index contributed by atoms with van der Waals surface area (Å²) in [5.74, 6) is 7.58. The summed E-state index contributed by atoms with van der Waals surface area (Å²) in [6.45, 7) is 18.5. The van der Waals surface area contributed by atoms with E-state index in [4.69, 9.17) is 11.6 Å². The third-order valence-corrected chi connectivity index (χ3v) is 8.15. The van der Waals surface area contributed by atoms with Gasteiger partial charge >= 0.3 is 0 Å². The number of allylic oxidation sites excluding steroid dienone is 1. The highest BCUT2D eigenvalue weighted by molar-refractivity contribution is 5.95. The van der Waals surface area contributed by atoms with E-state index in [2.05, 4.69) is 35.3 Å². The molecule has 0 spiro atoms. The van der Waals surface area contributed by atoms with E-state index in [1.807, 2.05) is 39.0 Å². The predicted molar refractivity (Wildman–Crippen MR) is 169 cm³/mol. The molecule has 1 saturated heterocycles. The molecule has 0 aromatic heterocycles. The van der Waals surface area contributed by atoms with Crippen molar-refractivity contribution in [3.8, 4) is 0 Å². The van der Waals surface area contributed by atoms with Crippen LogP contribution in [-0.2, 0) is 4.79 Å². The Labute approximate surface area is 248 Å². The van der Waals surface area contributed by atoms with E-state index in [9.17, 15) is 9.59 Å².